The standard InChI is InChI=1S/C9H11BrN2O3/c1-6-4-7(5-11-8(6)10)12-9(14)15-3-2-13/h4-5,13H,2-3H2,1H3,(H,12,14). The third-order valence-corrected chi connectivity index (χ3v) is 2.42. The van der Waals surface area contributed by atoms with Gasteiger partial charge in [0.25, 0.3) is 0 Å². The zero-order valence-electron chi connectivity index (χ0n) is 8.16. The molecule has 1 rings (SSSR count). The molecule has 0 aliphatic heterocycles. The molecule has 0 atom stereocenters. The van der Waals surface area contributed by atoms with Gasteiger partial charge in [-0.3, -0.25) is 5.32 Å². The molecule has 82 valence electrons. The Hall–Kier alpha value is -1.14. The molecule has 0 saturated carbocycles. The number of halogens is 1. The first-order valence-electron chi connectivity index (χ1n) is 4.30. The van der Waals surface area contributed by atoms with Crippen LogP contribution in [0.25, 0.3) is 0 Å². The second kappa shape index (κ2) is 5.67. The molecular weight excluding hydrogens is 264 g/mol. The smallest absolute Gasteiger partial charge is 0.411 e. The number of ether oxygens (including phenoxy) is 1. The van der Waals surface area contributed by atoms with Crippen LogP contribution in [0.1, 0.15) is 5.56 Å². The van der Waals surface area contributed by atoms with Gasteiger partial charge in [-0.15, -0.1) is 0 Å². The van der Waals surface area contributed by atoms with E-state index in [2.05, 4.69) is 31.0 Å². The Morgan fingerprint density at radius 3 is 3.07 bits per heavy atom. The van der Waals surface area contributed by atoms with E-state index in [4.69, 9.17) is 5.11 Å². The monoisotopic (exact) mass is 274 g/mol. The molecule has 15 heavy (non-hydrogen) atoms. The summed E-state index contributed by atoms with van der Waals surface area (Å²) in [6.45, 7) is 1.65. The fraction of sp³-hybridized carbons (Fsp3) is 0.333. The SMILES string of the molecule is Cc1cc(NC(=O)OCCO)cnc1Br. The second-order valence-corrected chi connectivity index (χ2v) is 3.57. The number of nitrogens with one attached hydrogen (secondary N) is 1. The van der Waals surface area contributed by atoms with Crippen molar-refractivity contribution in [2.24, 2.45) is 0 Å². The highest BCUT2D eigenvalue weighted by molar-refractivity contribution is 9.10. The quantitative estimate of drug-likeness (QED) is 0.823. The number of pyridine rings is 1. The molecular formula is C9H11BrN2O3. The first kappa shape index (κ1) is 11.9. The molecule has 1 aromatic rings. The summed E-state index contributed by atoms with van der Waals surface area (Å²) < 4.78 is 5.36. The maximum Gasteiger partial charge on any atom is 0.411 e. The number of hydrogen-bond donors (Lipinski definition) is 2. The lowest BCUT2D eigenvalue weighted by molar-refractivity contribution is 0.131. The average Bonchev–Trinajstić information content (AvgIpc) is 2.20. The van der Waals surface area contributed by atoms with Crippen LogP contribution in [0.4, 0.5) is 10.5 Å². The van der Waals surface area contributed by atoms with Gasteiger partial charge in [-0.2, -0.15) is 0 Å². The molecule has 1 heterocycles. The predicted molar refractivity (Wildman–Crippen MR) is 58.7 cm³/mol. The normalized spacial score (nSPS) is 9.80. The Morgan fingerprint density at radius 2 is 2.47 bits per heavy atom. The van der Waals surface area contributed by atoms with E-state index in [1.165, 1.54) is 6.20 Å². The highest BCUT2D eigenvalue weighted by Gasteiger charge is 2.04. The van der Waals surface area contributed by atoms with Crippen LogP contribution < -0.4 is 5.32 Å². The van der Waals surface area contributed by atoms with E-state index in [9.17, 15) is 4.79 Å². The van der Waals surface area contributed by atoms with E-state index in [1.807, 2.05) is 6.92 Å². The third-order valence-electron chi connectivity index (χ3n) is 1.59. The fourth-order valence-electron chi connectivity index (χ4n) is 0.919. The molecule has 6 heteroatoms. The fourth-order valence-corrected chi connectivity index (χ4v) is 1.14. The Balaban J connectivity index is 2.57. The van der Waals surface area contributed by atoms with Crippen molar-refractivity contribution in [1.29, 1.82) is 0 Å². The van der Waals surface area contributed by atoms with Gasteiger partial charge in [-0.1, -0.05) is 0 Å². The van der Waals surface area contributed by atoms with Crippen LogP contribution in [0.15, 0.2) is 16.9 Å². The van der Waals surface area contributed by atoms with Gasteiger partial charge in [0.1, 0.15) is 11.2 Å². The van der Waals surface area contributed by atoms with E-state index in [-0.39, 0.29) is 13.2 Å². The van der Waals surface area contributed by atoms with Gasteiger partial charge in [-0.25, -0.2) is 9.78 Å². The van der Waals surface area contributed by atoms with Crippen LogP contribution in [0.2, 0.25) is 0 Å². The molecule has 1 aromatic heterocycles. The van der Waals surface area contributed by atoms with Crippen LogP contribution in [0, 0.1) is 6.92 Å². The number of rotatable bonds is 3. The van der Waals surface area contributed by atoms with Crippen LogP contribution in [0.5, 0.6) is 0 Å². The van der Waals surface area contributed by atoms with E-state index in [0.29, 0.717) is 5.69 Å². The molecule has 0 spiro atoms. The lowest BCUT2D eigenvalue weighted by Gasteiger charge is -2.06. The number of hydrogen-bond acceptors (Lipinski definition) is 4. The summed E-state index contributed by atoms with van der Waals surface area (Å²) in [4.78, 5) is 15.1. The number of aliphatic hydroxyl groups is 1. The summed E-state index contributed by atoms with van der Waals surface area (Å²) in [5.41, 5.74) is 1.47. The van der Waals surface area contributed by atoms with Crippen molar-refractivity contribution in [3.63, 3.8) is 0 Å². The van der Waals surface area contributed by atoms with Crippen molar-refractivity contribution >= 4 is 27.7 Å². The Bertz CT molecular complexity index is 357. The number of carbonyl (C=O) groups excluding carboxylic acids is 1. The van der Waals surface area contributed by atoms with Crippen molar-refractivity contribution in [2.75, 3.05) is 18.5 Å². The highest BCUT2D eigenvalue weighted by atomic mass is 79.9. The molecule has 0 fully saturated rings. The third kappa shape index (κ3) is 3.85. The van der Waals surface area contributed by atoms with Crippen LogP contribution >= 0.6 is 15.9 Å². The number of amides is 1. The summed E-state index contributed by atoms with van der Waals surface area (Å²) in [6, 6.07) is 1.76. The first-order chi connectivity index (χ1) is 7.13. The minimum absolute atomic E-state index is 0.0191. The van der Waals surface area contributed by atoms with Crippen molar-refractivity contribution in [1.82, 2.24) is 4.98 Å². The van der Waals surface area contributed by atoms with Gasteiger partial charge in [0.2, 0.25) is 0 Å². The largest absolute Gasteiger partial charge is 0.447 e. The average molecular weight is 275 g/mol. The van der Waals surface area contributed by atoms with E-state index < -0.39 is 6.09 Å². The summed E-state index contributed by atoms with van der Waals surface area (Å²) in [5, 5.41) is 10.9. The summed E-state index contributed by atoms with van der Waals surface area (Å²) >= 11 is 3.25. The number of anilines is 1. The highest BCUT2D eigenvalue weighted by Crippen LogP contribution is 2.16. The molecule has 0 aromatic carbocycles. The van der Waals surface area contributed by atoms with Gasteiger partial charge in [0.05, 0.1) is 18.5 Å². The maximum atomic E-state index is 11.1. The summed E-state index contributed by atoms with van der Waals surface area (Å²) in [7, 11) is 0. The minimum atomic E-state index is -0.604. The van der Waals surface area contributed by atoms with Gasteiger partial charge < -0.3 is 9.84 Å². The molecule has 0 unspecified atom stereocenters. The maximum absolute atomic E-state index is 11.1. The lowest BCUT2D eigenvalue weighted by Crippen LogP contribution is -2.15. The second-order valence-electron chi connectivity index (χ2n) is 2.82. The number of nitrogens with zero attached hydrogens (tertiary/aromatic N) is 1. The van der Waals surface area contributed by atoms with Gasteiger partial charge in [0, 0.05) is 0 Å². The Morgan fingerprint density at radius 1 is 1.73 bits per heavy atom. The molecule has 0 radical (unpaired) electrons. The van der Waals surface area contributed by atoms with Crippen molar-refractivity contribution < 1.29 is 14.6 Å². The summed E-state index contributed by atoms with van der Waals surface area (Å²) in [6.07, 6.45) is 0.907. The zero-order valence-corrected chi connectivity index (χ0v) is 9.74. The number of aryl methyl sites for hydroxylation is 1. The van der Waals surface area contributed by atoms with Crippen molar-refractivity contribution in [3.05, 3.63) is 22.4 Å². The molecule has 1 amide bonds. The lowest BCUT2D eigenvalue weighted by atomic mass is 10.3. The zero-order chi connectivity index (χ0) is 11.3. The van der Waals surface area contributed by atoms with Gasteiger partial charge >= 0.3 is 6.09 Å². The number of aromatic nitrogens is 1. The number of aliphatic hydroxyl groups excluding tert-OH is 1. The predicted octanol–water partition coefficient (Wildman–Crippen LogP) is 1.69. The summed E-state index contributed by atoms with van der Waals surface area (Å²) in [5.74, 6) is 0. The molecule has 0 saturated heterocycles. The van der Waals surface area contributed by atoms with Crippen LogP contribution in [-0.4, -0.2) is 29.4 Å². The van der Waals surface area contributed by atoms with Crippen LogP contribution in [0.3, 0.4) is 0 Å². The van der Waals surface area contributed by atoms with Crippen LogP contribution in [-0.2, 0) is 4.74 Å². The van der Waals surface area contributed by atoms with E-state index in [1.54, 1.807) is 6.07 Å². The first-order valence-corrected chi connectivity index (χ1v) is 5.09. The molecule has 0 aliphatic carbocycles. The molecule has 5 nitrogen and oxygen atoms in total. The Labute approximate surface area is 95.6 Å². The minimum Gasteiger partial charge on any atom is -0.447 e. The van der Waals surface area contributed by atoms with E-state index >= 15 is 0 Å². The molecule has 0 aliphatic rings. The van der Waals surface area contributed by atoms with Crippen molar-refractivity contribution in [2.45, 2.75) is 6.92 Å². The van der Waals surface area contributed by atoms with Gasteiger partial charge in [0.15, 0.2) is 0 Å². The molecule has 2 N–H and O–H groups in total. The number of carbonyl (C=O) groups is 1. The van der Waals surface area contributed by atoms with Gasteiger partial charge in [-0.05, 0) is 34.5 Å². The van der Waals surface area contributed by atoms with Crippen molar-refractivity contribution in [3.8, 4) is 0 Å². The topological polar surface area (TPSA) is 71.5 Å². The molecule has 0 bridgehead atoms. The van der Waals surface area contributed by atoms with E-state index in [0.717, 1.165) is 10.2 Å². The Kier molecular flexibility index (Phi) is 4.51.